The lowest BCUT2D eigenvalue weighted by atomic mass is 10.1. The Morgan fingerprint density at radius 1 is 1.10 bits per heavy atom. The number of carbonyl (C=O) groups is 2. The van der Waals surface area contributed by atoms with E-state index in [4.69, 9.17) is 0 Å². The average molecular weight is 445 g/mol. The molecular weight excluding hydrogens is 432 g/mol. The normalized spacial score (nSPS) is 12.1. The SMILES string of the molecule is Cc1nn(C)c2ncc(NC(=O)N(C=O)c3ccc(C(F)(F)F)c(C(F)(F)F)c3)cc12. The van der Waals surface area contributed by atoms with E-state index >= 15 is 0 Å². The summed E-state index contributed by atoms with van der Waals surface area (Å²) in [6.45, 7) is 1.69. The van der Waals surface area contributed by atoms with Crippen molar-refractivity contribution >= 4 is 34.8 Å². The Labute approximate surface area is 170 Å². The summed E-state index contributed by atoms with van der Waals surface area (Å²) >= 11 is 0. The maximum atomic E-state index is 13.1. The Kier molecular flexibility index (Phi) is 5.38. The first kappa shape index (κ1) is 22.1. The molecule has 3 amide bonds. The van der Waals surface area contributed by atoms with E-state index in [0.29, 0.717) is 22.8 Å². The molecule has 0 radical (unpaired) electrons. The van der Waals surface area contributed by atoms with Crippen LogP contribution in [-0.4, -0.2) is 27.2 Å². The highest BCUT2D eigenvalue weighted by Crippen LogP contribution is 2.41. The predicted molar refractivity (Wildman–Crippen MR) is 97.3 cm³/mol. The van der Waals surface area contributed by atoms with Crippen molar-refractivity contribution in [1.29, 1.82) is 0 Å². The monoisotopic (exact) mass is 445 g/mol. The number of aryl methyl sites for hydroxylation is 2. The van der Waals surface area contributed by atoms with Crippen LogP contribution in [0.15, 0.2) is 30.5 Å². The number of fused-ring (bicyclic) bond motifs is 1. The van der Waals surface area contributed by atoms with E-state index in [0.717, 1.165) is 0 Å². The Hall–Kier alpha value is -3.64. The highest BCUT2D eigenvalue weighted by Gasteiger charge is 2.43. The Morgan fingerprint density at radius 2 is 1.74 bits per heavy atom. The summed E-state index contributed by atoms with van der Waals surface area (Å²) in [4.78, 5) is 28.1. The molecule has 0 aliphatic heterocycles. The summed E-state index contributed by atoms with van der Waals surface area (Å²) < 4.78 is 79.7. The van der Waals surface area contributed by atoms with Crippen LogP contribution in [0.5, 0.6) is 0 Å². The molecule has 0 bridgehead atoms. The molecule has 31 heavy (non-hydrogen) atoms. The average Bonchev–Trinajstić information content (AvgIpc) is 2.94. The summed E-state index contributed by atoms with van der Waals surface area (Å²) in [7, 11) is 1.65. The van der Waals surface area contributed by atoms with Gasteiger partial charge in [-0.3, -0.25) is 9.48 Å². The molecule has 7 nitrogen and oxygen atoms in total. The highest BCUT2D eigenvalue weighted by atomic mass is 19.4. The van der Waals surface area contributed by atoms with Crippen molar-refractivity contribution < 1.29 is 35.9 Å². The molecule has 0 atom stereocenters. The van der Waals surface area contributed by atoms with E-state index in [-0.39, 0.29) is 29.1 Å². The first-order valence-corrected chi connectivity index (χ1v) is 8.46. The minimum absolute atomic E-state index is 0.0868. The van der Waals surface area contributed by atoms with Gasteiger partial charge in [0.25, 0.3) is 0 Å². The second-order valence-electron chi connectivity index (χ2n) is 6.44. The lowest BCUT2D eigenvalue weighted by molar-refractivity contribution is -0.162. The molecule has 164 valence electrons. The van der Waals surface area contributed by atoms with Crippen LogP contribution in [-0.2, 0) is 24.2 Å². The van der Waals surface area contributed by atoms with E-state index in [2.05, 4.69) is 15.4 Å². The number of alkyl halides is 6. The topological polar surface area (TPSA) is 80.1 Å². The lowest BCUT2D eigenvalue weighted by Crippen LogP contribution is -2.34. The van der Waals surface area contributed by atoms with Crippen molar-refractivity contribution in [2.75, 3.05) is 10.2 Å². The van der Waals surface area contributed by atoms with Crippen LogP contribution in [0.1, 0.15) is 16.8 Å². The van der Waals surface area contributed by atoms with Gasteiger partial charge in [-0.2, -0.15) is 31.4 Å². The summed E-state index contributed by atoms with van der Waals surface area (Å²) in [6.07, 6.45) is -9.52. The van der Waals surface area contributed by atoms with Gasteiger partial charge in [0.1, 0.15) is 0 Å². The van der Waals surface area contributed by atoms with Gasteiger partial charge >= 0.3 is 18.4 Å². The summed E-state index contributed by atoms with van der Waals surface area (Å²) in [5.41, 5.74) is -3.46. The van der Waals surface area contributed by atoms with Crippen LogP contribution >= 0.6 is 0 Å². The van der Waals surface area contributed by atoms with Crippen molar-refractivity contribution in [3.8, 4) is 0 Å². The van der Waals surface area contributed by atoms with Crippen molar-refractivity contribution in [1.82, 2.24) is 14.8 Å². The van der Waals surface area contributed by atoms with Gasteiger partial charge in [-0.15, -0.1) is 0 Å². The van der Waals surface area contributed by atoms with Crippen LogP contribution < -0.4 is 10.2 Å². The van der Waals surface area contributed by atoms with Gasteiger partial charge in [0.15, 0.2) is 5.65 Å². The molecule has 0 spiro atoms. The van der Waals surface area contributed by atoms with Crippen LogP contribution in [0.25, 0.3) is 11.0 Å². The number of aromatic nitrogens is 3. The molecule has 2 heterocycles. The number of nitrogens with zero attached hydrogens (tertiary/aromatic N) is 4. The number of hydrogen-bond acceptors (Lipinski definition) is 4. The third kappa shape index (κ3) is 4.29. The maximum Gasteiger partial charge on any atom is 0.417 e. The predicted octanol–water partition coefficient (Wildman–Crippen LogP) is 4.51. The smallest absolute Gasteiger partial charge is 0.306 e. The molecule has 0 aliphatic carbocycles. The molecule has 0 saturated carbocycles. The summed E-state index contributed by atoms with van der Waals surface area (Å²) in [5.74, 6) is 0. The Bertz CT molecular complexity index is 1170. The quantitative estimate of drug-likeness (QED) is 0.475. The van der Waals surface area contributed by atoms with Crippen molar-refractivity contribution in [2.24, 2.45) is 7.05 Å². The van der Waals surface area contributed by atoms with Gasteiger partial charge in [0.05, 0.1) is 34.4 Å². The summed E-state index contributed by atoms with van der Waals surface area (Å²) in [5, 5.41) is 7.00. The number of halogens is 6. The van der Waals surface area contributed by atoms with Gasteiger partial charge in [-0.25, -0.2) is 14.7 Å². The number of rotatable bonds is 3. The van der Waals surface area contributed by atoms with E-state index in [1.165, 1.54) is 16.9 Å². The van der Waals surface area contributed by atoms with Crippen LogP contribution in [0, 0.1) is 6.92 Å². The fourth-order valence-corrected chi connectivity index (χ4v) is 2.95. The second kappa shape index (κ2) is 7.56. The molecule has 0 aliphatic rings. The van der Waals surface area contributed by atoms with Crippen molar-refractivity contribution in [3.05, 3.63) is 47.3 Å². The molecule has 2 aromatic heterocycles. The number of nitrogens with one attached hydrogen (secondary N) is 1. The van der Waals surface area contributed by atoms with Crippen molar-refractivity contribution in [2.45, 2.75) is 19.3 Å². The molecule has 1 N–H and O–H groups in total. The molecule has 13 heteroatoms. The first-order chi connectivity index (χ1) is 14.3. The van der Waals surface area contributed by atoms with E-state index in [1.807, 2.05) is 0 Å². The number of carbonyl (C=O) groups excluding carboxylic acids is 2. The minimum atomic E-state index is -5.36. The zero-order valence-corrected chi connectivity index (χ0v) is 15.8. The number of amides is 3. The number of hydrogen-bond donors (Lipinski definition) is 1. The third-order valence-corrected chi connectivity index (χ3v) is 4.33. The molecule has 0 saturated heterocycles. The number of pyridine rings is 1. The van der Waals surface area contributed by atoms with Gasteiger partial charge in [0, 0.05) is 12.4 Å². The fourth-order valence-electron chi connectivity index (χ4n) is 2.95. The van der Waals surface area contributed by atoms with E-state index in [9.17, 15) is 35.9 Å². The number of imide groups is 1. The number of urea groups is 1. The molecule has 3 rings (SSSR count). The Morgan fingerprint density at radius 3 is 2.32 bits per heavy atom. The zero-order chi connectivity index (χ0) is 23.1. The summed E-state index contributed by atoms with van der Waals surface area (Å²) in [6, 6.07) is 1.14. The second-order valence-corrected chi connectivity index (χ2v) is 6.44. The van der Waals surface area contributed by atoms with Gasteiger partial charge < -0.3 is 5.32 Å². The molecule has 3 aromatic rings. The number of anilines is 2. The third-order valence-electron chi connectivity index (χ3n) is 4.33. The maximum absolute atomic E-state index is 13.1. The standard InChI is InChI=1S/C18H13F6N5O2/c1-9-12-5-10(7-25-15(12)28(2)27-9)26-16(31)29(8-30)11-3-4-13(17(19,20)21)14(6-11)18(22,23)24/h3-8H,1-2H3,(H,26,31). The Balaban J connectivity index is 1.95. The van der Waals surface area contributed by atoms with Gasteiger partial charge in [-0.05, 0) is 31.2 Å². The zero-order valence-electron chi connectivity index (χ0n) is 15.8. The van der Waals surface area contributed by atoms with Crippen molar-refractivity contribution in [3.63, 3.8) is 0 Å². The molecule has 1 aromatic carbocycles. The van der Waals surface area contributed by atoms with Crippen LogP contribution in [0.3, 0.4) is 0 Å². The highest BCUT2D eigenvalue weighted by molar-refractivity contribution is 6.12. The van der Waals surface area contributed by atoms with E-state index < -0.39 is 35.2 Å². The molecule has 0 fully saturated rings. The first-order valence-electron chi connectivity index (χ1n) is 8.46. The van der Waals surface area contributed by atoms with Gasteiger partial charge in [-0.1, -0.05) is 0 Å². The van der Waals surface area contributed by atoms with Gasteiger partial charge in [0.2, 0.25) is 6.41 Å². The minimum Gasteiger partial charge on any atom is -0.306 e. The van der Waals surface area contributed by atoms with Crippen LogP contribution in [0.2, 0.25) is 0 Å². The largest absolute Gasteiger partial charge is 0.417 e. The van der Waals surface area contributed by atoms with E-state index in [1.54, 1.807) is 14.0 Å². The number of benzene rings is 1. The lowest BCUT2D eigenvalue weighted by Gasteiger charge is -2.20. The van der Waals surface area contributed by atoms with Crippen LogP contribution in [0.4, 0.5) is 42.5 Å². The molecular formula is C18H13F6N5O2. The fraction of sp³-hybridized carbons (Fsp3) is 0.222. The molecule has 0 unspecified atom stereocenters.